The number of halogens is 1. The summed E-state index contributed by atoms with van der Waals surface area (Å²) in [6.45, 7) is 0. The molecule has 2 aromatic rings. The van der Waals surface area contributed by atoms with Gasteiger partial charge in [0.15, 0.2) is 5.78 Å². The molecule has 0 spiro atoms. The van der Waals surface area contributed by atoms with E-state index in [2.05, 4.69) is 0 Å². The molecule has 0 saturated carbocycles. The third-order valence-electron chi connectivity index (χ3n) is 2.68. The van der Waals surface area contributed by atoms with Crippen LogP contribution in [0.1, 0.15) is 15.9 Å². The van der Waals surface area contributed by atoms with E-state index in [1.54, 1.807) is 12.1 Å². The van der Waals surface area contributed by atoms with E-state index in [4.69, 9.17) is 0 Å². The zero-order valence-corrected chi connectivity index (χ0v) is 9.88. The lowest BCUT2D eigenvalue weighted by atomic mass is 10.0. The van der Waals surface area contributed by atoms with E-state index < -0.39 is 4.92 Å². The van der Waals surface area contributed by atoms with E-state index in [0.717, 1.165) is 0 Å². The van der Waals surface area contributed by atoms with Crippen molar-refractivity contribution in [2.45, 2.75) is 6.42 Å². The Morgan fingerprint density at radius 3 is 2.16 bits per heavy atom. The van der Waals surface area contributed by atoms with Gasteiger partial charge in [0.1, 0.15) is 5.82 Å². The summed E-state index contributed by atoms with van der Waals surface area (Å²) in [5.41, 5.74) is 1.04. The number of benzene rings is 2. The molecule has 2 aromatic carbocycles. The molecule has 0 radical (unpaired) electrons. The number of nitro benzene ring substituents is 1. The fourth-order valence-electron chi connectivity index (χ4n) is 1.66. The minimum atomic E-state index is -0.520. The van der Waals surface area contributed by atoms with Crippen LogP contribution in [-0.2, 0) is 6.42 Å². The van der Waals surface area contributed by atoms with E-state index in [1.807, 2.05) is 0 Å². The van der Waals surface area contributed by atoms with Crippen molar-refractivity contribution < 1.29 is 14.1 Å². The molecule has 96 valence electrons. The van der Waals surface area contributed by atoms with Gasteiger partial charge in [0.2, 0.25) is 0 Å². The Bertz CT molecular complexity index is 606. The molecule has 0 N–H and O–H groups in total. The van der Waals surface area contributed by atoms with Gasteiger partial charge in [-0.1, -0.05) is 12.1 Å². The molecule has 0 saturated heterocycles. The fraction of sp³-hybridized carbons (Fsp3) is 0.0714. The Morgan fingerprint density at radius 1 is 1.05 bits per heavy atom. The Kier molecular flexibility index (Phi) is 3.66. The zero-order valence-electron chi connectivity index (χ0n) is 9.88. The number of carbonyl (C=O) groups is 1. The Labute approximate surface area is 108 Å². The van der Waals surface area contributed by atoms with Crippen molar-refractivity contribution in [2.75, 3.05) is 0 Å². The standard InChI is InChI=1S/C14H10FNO3/c15-12-5-1-10(2-6-12)9-14(17)11-3-7-13(8-4-11)16(18)19/h1-8H,9H2. The van der Waals surface area contributed by atoms with Crippen LogP contribution in [0.2, 0.25) is 0 Å². The predicted octanol–water partition coefficient (Wildman–Crippen LogP) is 3.16. The molecule has 0 aliphatic heterocycles. The second-order valence-corrected chi connectivity index (χ2v) is 4.03. The molecule has 0 heterocycles. The van der Waals surface area contributed by atoms with E-state index in [0.29, 0.717) is 11.1 Å². The first-order chi connectivity index (χ1) is 9.06. The molecule has 0 fully saturated rings. The molecule has 0 bridgehead atoms. The van der Waals surface area contributed by atoms with Crippen LogP contribution < -0.4 is 0 Å². The number of hydrogen-bond donors (Lipinski definition) is 0. The SMILES string of the molecule is O=C(Cc1ccc(F)cc1)c1ccc([N+](=O)[O-])cc1. The third-order valence-corrected chi connectivity index (χ3v) is 2.68. The van der Waals surface area contributed by atoms with Crippen molar-refractivity contribution in [1.29, 1.82) is 0 Å². The highest BCUT2D eigenvalue weighted by Crippen LogP contribution is 2.14. The van der Waals surface area contributed by atoms with Crippen LogP contribution in [0.5, 0.6) is 0 Å². The van der Waals surface area contributed by atoms with E-state index >= 15 is 0 Å². The van der Waals surface area contributed by atoms with Crippen molar-refractivity contribution in [2.24, 2.45) is 0 Å². The minimum absolute atomic E-state index is 0.0571. The lowest BCUT2D eigenvalue weighted by Crippen LogP contribution is -2.03. The summed E-state index contributed by atoms with van der Waals surface area (Å²) in [5.74, 6) is -0.520. The first-order valence-corrected chi connectivity index (χ1v) is 5.58. The first kappa shape index (κ1) is 12.9. The summed E-state index contributed by atoms with van der Waals surface area (Å²) in [4.78, 5) is 21.9. The first-order valence-electron chi connectivity index (χ1n) is 5.58. The lowest BCUT2D eigenvalue weighted by molar-refractivity contribution is -0.384. The summed E-state index contributed by atoms with van der Waals surface area (Å²) in [6.07, 6.45) is 0.137. The van der Waals surface area contributed by atoms with Crippen LogP contribution in [0.3, 0.4) is 0 Å². The van der Waals surface area contributed by atoms with Crippen LogP contribution in [0.25, 0.3) is 0 Å². The molecule has 0 atom stereocenters. The number of Topliss-reactive ketones (excluding diaryl/α,β-unsaturated/α-hetero) is 1. The molecule has 2 rings (SSSR count). The average Bonchev–Trinajstić information content (AvgIpc) is 2.41. The van der Waals surface area contributed by atoms with Gasteiger partial charge in [-0.15, -0.1) is 0 Å². The molecular weight excluding hydrogens is 249 g/mol. The van der Waals surface area contributed by atoms with Gasteiger partial charge in [-0.3, -0.25) is 14.9 Å². The van der Waals surface area contributed by atoms with Crippen LogP contribution in [0.4, 0.5) is 10.1 Å². The van der Waals surface area contributed by atoms with Gasteiger partial charge < -0.3 is 0 Å². The van der Waals surface area contributed by atoms with Crippen molar-refractivity contribution in [3.8, 4) is 0 Å². The Morgan fingerprint density at radius 2 is 1.63 bits per heavy atom. The van der Waals surface area contributed by atoms with Gasteiger partial charge in [0.25, 0.3) is 5.69 Å². The fourth-order valence-corrected chi connectivity index (χ4v) is 1.66. The van der Waals surface area contributed by atoms with E-state index in [1.165, 1.54) is 36.4 Å². The smallest absolute Gasteiger partial charge is 0.269 e. The molecule has 4 nitrogen and oxygen atoms in total. The van der Waals surface area contributed by atoms with E-state index in [9.17, 15) is 19.3 Å². The maximum absolute atomic E-state index is 12.7. The van der Waals surface area contributed by atoms with Gasteiger partial charge in [-0.2, -0.15) is 0 Å². The maximum Gasteiger partial charge on any atom is 0.269 e. The van der Waals surface area contributed by atoms with E-state index in [-0.39, 0.29) is 23.7 Å². The number of nitrogens with zero attached hydrogens (tertiary/aromatic N) is 1. The highest BCUT2D eigenvalue weighted by Gasteiger charge is 2.10. The normalized spacial score (nSPS) is 10.2. The number of rotatable bonds is 4. The molecule has 0 aliphatic carbocycles. The molecule has 0 aliphatic rings. The quantitative estimate of drug-likeness (QED) is 0.481. The van der Waals surface area contributed by atoms with Crippen molar-refractivity contribution >= 4 is 11.5 Å². The predicted molar refractivity (Wildman–Crippen MR) is 67.5 cm³/mol. The van der Waals surface area contributed by atoms with Crippen molar-refractivity contribution in [3.05, 3.63) is 75.6 Å². The lowest BCUT2D eigenvalue weighted by Gasteiger charge is -2.01. The van der Waals surface area contributed by atoms with Gasteiger partial charge >= 0.3 is 0 Å². The molecule has 0 amide bonds. The zero-order chi connectivity index (χ0) is 13.8. The van der Waals surface area contributed by atoms with Crippen molar-refractivity contribution in [3.63, 3.8) is 0 Å². The number of nitro groups is 1. The second-order valence-electron chi connectivity index (χ2n) is 4.03. The summed E-state index contributed by atoms with van der Waals surface area (Å²) in [7, 11) is 0. The monoisotopic (exact) mass is 259 g/mol. The molecular formula is C14H10FNO3. The summed E-state index contributed by atoms with van der Waals surface area (Å²) < 4.78 is 12.7. The molecule has 0 unspecified atom stereocenters. The highest BCUT2D eigenvalue weighted by molar-refractivity contribution is 5.97. The largest absolute Gasteiger partial charge is 0.294 e. The van der Waals surface area contributed by atoms with Gasteiger partial charge in [0.05, 0.1) is 4.92 Å². The van der Waals surface area contributed by atoms with Crippen LogP contribution >= 0.6 is 0 Å². The summed E-state index contributed by atoms with van der Waals surface area (Å²) >= 11 is 0. The van der Waals surface area contributed by atoms with Gasteiger partial charge in [0, 0.05) is 24.1 Å². The number of non-ortho nitro benzene ring substituents is 1. The third kappa shape index (κ3) is 3.22. The van der Waals surface area contributed by atoms with Crippen LogP contribution in [-0.4, -0.2) is 10.7 Å². The highest BCUT2D eigenvalue weighted by atomic mass is 19.1. The second kappa shape index (κ2) is 5.39. The van der Waals surface area contributed by atoms with Gasteiger partial charge in [-0.25, -0.2) is 4.39 Å². The summed E-state index contributed by atoms with van der Waals surface area (Å²) in [5, 5.41) is 10.5. The summed E-state index contributed by atoms with van der Waals surface area (Å²) in [6, 6.07) is 11.1. The topological polar surface area (TPSA) is 60.2 Å². The van der Waals surface area contributed by atoms with Crippen LogP contribution in [0.15, 0.2) is 48.5 Å². The Balaban J connectivity index is 2.11. The number of ketones is 1. The minimum Gasteiger partial charge on any atom is -0.294 e. The molecule has 5 heteroatoms. The van der Waals surface area contributed by atoms with Crippen LogP contribution in [0, 0.1) is 15.9 Å². The number of carbonyl (C=O) groups excluding carboxylic acids is 1. The Hall–Kier alpha value is -2.56. The molecule has 0 aromatic heterocycles. The maximum atomic E-state index is 12.7. The molecule has 19 heavy (non-hydrogen) atoms. The number of hydrogen-bond acceptors (Lipinski definition) is 3. The van der Waals surface area contributed by atoms with Gasteiger partial charge in [-0.05, 0) is 29.8 Å². The average molecular weight is 259 g/mol. The van der Waals surface area contributed by atoms with Crippen molar-refractivity contribution in [1.82, 2.24) is 0 Å².